The van der Waals surface area contributed by atoms with Gasteiger partial charge < -0.3 is 15.0 Å². The molecular formula is C18H26F3N3O2. The first-order valence-electron chi connectivity index (χ1n) is 8.67. The highest BCUT2D eigenvalue weighted by molar-refractivity contribution is 5.82. The highest BCUT2D eigenvalue weighted by atomic mass is 19.4. The van der Waals surface area contributed by atoms with Gasteiger partial charge in [0.2, 0.25) is 11.8 Å². The van der Waals surface area contributed by atoms with E-state index in [2.05, 4.69) is 22.1 Å². The average molecular weight is 373 g/mol. The van der Waals surface area contributed by atoms with Crippen molar-refractivity contribution in [2.24, 2.45) is 5.41 Å². The number of hydrogen-bond donors (Lipinski definition) is 1. The average Bonchev–Trinajstić information content (AvgIpc) is 2.56. The summed E-state index contributed by atoms with van der Waals surface area (Å²) in [6.45, 7) is 6.10. The first-order valence-corrected chi connectivity index (χ1v) is 8.67. The Morgan fingerprint density at radius 2 is 2.12 bits per heavy atom. The minimum atomic E-state index is -4.56. The first kappa shape index (κ1) is 20.5. The predicted octanol–water partition coefficient (Wildman–Crippen LogP) is 3.10. The van der Waals surface area contributed by atoms with Crippen molar-refractivity contribution in [2.45, 2.75) is 51.9 Å². The number of pyridine rings is 1. The summed E-state index contributed by atoms with van der Waals surface area (Å²) in [5, 5.41) is 3.00. The molecule has 5 nitrogen and oxygen atoms in total. The van der Waals surface area contributed by atoms with Gasteiger partial charge in [0.1, 0.15) is 12.2 Å². The van der Waals surface area contributed by atoms with Crippen molar-refractivity contribution in [3.8, 4) is 5.88 Å². The van der Waals surface area contributed by atoms with Crippen molar-refractivity contribution in [1.82, 2.24) is 15.2 Å². The summed E-state index contributed by atoms with van der Waals surface area (Å²) in [7, 11) is 2.05. The number of likely N-dealkylation sites (tertiary alicyclic amines) is 1. The third-order valence-corrected chi connectivity index (χ3v) is 4.80. The molecule has 2 heterocycles. The second kappa shape index (κ2) is 7.82. The number of alkyl halides is 3. The van der Waals surface area contributed by atoms with Crippen molar-refractivity contribution in [3.63, 3.8) is 0 Å². The molecule has 1 aliphatic heterocycles. The van der Waals surface area contributed by atoms with Gasteiger partial charge in [-0.15, -0.1) is 0 Å². The lowest BCUT2D eigenvalue weighted by atomic mass is 9.91. The zero-order chi connectivity index (χ0) is 19.5. The predicted molar refractivity (Wildman–Crippen MR) is 91.8 cm³/mol. The molecule has 0 spiro atoms. The Kier molecular flexibility index (Phi) is 6.16. The van der Waals surface area contributed by atoms with Crippen LogP contribution >= 0.6 is 0 Å². The lowest BCUT2D eigenvalue weighted by Crippen LogP contribution is -2.51. The molecule has 8 heteroatoms. The second-order valence-corrected chi connectivity index (χ2v) is 7.55. The van der Waals surface area contributed by atoms with Crippen LogP contribution in [0.1, 0.15) is 39.2 Å². The van der Waals surface area contributed by atoms with E-state index in [1.807, 2.05) is 7.05 Å². The van der Waals surface area contributed by atoms with Crippen LogP contribution in [-0.2, 0) is 11.0 Å². The minimum Gasteiger partial charge on any atom is -0.476 e. The minimum absolute atomic E-state index is 0.0635. The summed E-state index contributed by atoms with van der Waals surface area (Å²) in [6, 6.07) is 2.55. The maximum atomic E-state index is 13.0. The molecule has 0 saturated carbocycles. The lowest BCUT2D eigenvalue weighted by Gasteiger charge is -2.36. The molecule has 1 fully saturated rings. The molecular weight excluding hydrogens is 347 g/mol. The summed E-state index contributed by atoms with van der Waals surface area (Å²) >= 11 is 0. The number of nitrogens with zero attached hydrogens (tertiary/aromatic N) is 2. The Balaban J connectivity index is 1.97. The zero-order valence-electron chi connectivity index (χ0n) is 15.6. The maximum Gasteiger partial charge on any atom is 0.421 e. The van der Waals surface area contributed by atoms with Gasteiger partial charge in [-0.2, -0.15) is 13.2 Å². The fraction of sp³-hybridized carbons (Fsp3) is 0.667. The van der Waals surface area contributed by atoms with Crippen molar-refractivity contribution in [3.05, 3.63) is 23.9 Å². The molecule has 1 N–H and O–H groups in total. The van der Waals surface area contributed by atoms with Crippen LogP contribution in [0.15, 0.2) is 18.3 Å². The molecule has 26 heavy (non-hydrogen) atoms. The molecule has 0 aromatic carbocycles. The maximum absolute atomic E-state index is 13.0. The van der Waals surface area contributed by atoms with Crippen LogP contribution < -0.4 is 10.1 Å². The number of halogens is 3. The van der Waals surface area contributed by atoms with Crippen molar-refractivity contribution in [1.29, 1.82) is 0 Å². The Bertz CT molecular complexity index is 634. The van der Waals surface area contributed by atoms with Gasteiger partial charge in [-0.1, -0.05) is 0 Å². The van der Waals surface area contributed by atoms with Crippen LogP contribution in [-0.4, -0.2) is 48.1 Å². The third kappa shape index (κ3) is 5.09. The molecule has 1 amide bonds. The number of hydrogen-bond acceptors (Lipinski definition) is 4. The number of carbonyl (C=O) groups excluding carboxylic acids is 1. The topological polar surface area (TPSA) is 54.5 Å². The molecule has 1 aliphatic rings. The van der Waals surface area contributed by atoms with E-state index >= 15 is 0 Å². The smallest absolute Gasteiger partial charge is 0.421 e. The summed E-state index contributed by atoms with van der Waals surface area (Å²) in [5.74, 6) is -0.738. The highest BCUT2D eigenvalue weighted by Crippen LogP contribution is 2.35. The van der Waals surface area contributed by atoms with Crippen LogP contribution in [0.4, 0.5) is 13.2 Å². The van der Waals surface area contributed by atoms with E-state index < -0.39 is 23.0 Å². The fourth-order valence-electron chi connectivity index (χ4n) is 2.84. The van der Waals surface area contributed by atoms with Crippen LogP contribution in [0.3, 0.4) is 0 Å². The van der Waals surface area contributed by atoms with Gasteiger partial charge in [0.25, 0.3) is 0 Å². The third-order valence-electron chi connectivity index (χ3n) is 4.80. The number of ether oxygens (including phenoxy) is 1. The molecule has 2 atom stereocenters. The number of amides is 1. The van der Waals surface area contributed by atoms with E-state index in [-0.39, 0.29) is 18.6 Å². The molecule has 0 unspecified atom stereocenters. The molecule has 0 radical (unpaired) electrons. The van der Waals surface area contributed by atoms with Crippen molar-refractivity contribution in [2.75, 3.05) is 20.2 Å². The zero-order valence-corrected chi connectivity index (χ0v) is 15.6. The van der Waals surface area contributed by atoms with E-state index in [0.29, 0.717) is 6.04 Å². The SMILES string of the molecule is C[C@H]1C[C@H](NC(=O)C(C)(C)COc2ncccc2C(F)(F)F)CCN1C. The van der Waals surface area contributed by atoms with Crippen LogP contribution in [0.5, 0.6) is 5.88 Å². The molecule has 0 bridgehead atoms. The summed E-state index contributed by atoms with van der Waals surface area (Å²) in [4.78, 5) is 18.5. The van der Waals surface area contributed by atoms with Gasteiger partial charge in [-0.25, -0.2) is 4.98 Å². The monoisotopic (exact) mass is 373 g/mol. The molecule has 146 valence electrons. The standard InChI is InChI=1S/C18H26F3N3O2/c1-12-10-13(7-9-24(12)4)23-16(25)17(2,3)11-26-15-14(18(19,20)21)6-5-8-22-15/h5-6,8,12-13H,7,9-11H2,1-4H3,(H,23,25)/t12-,13+/m0/s1. The van der Waals surface area contributed by atoms with Crippen molar-refractivity contribution < 1.29 is 22.7 Å². The van der Waals surface area contributed by atoms with E-state index in [4.69, 9.17) is 4.74 Å². The number of rotatable bonds is 5. The van der Waals surface area contributed by atoms with Gasteiger partial charge >= 0.3 is 6.18 Å². The van der Waals surface area contributed by atoms with Crippen LogP contribution in [0.25, 0.3) is 0 Å². The van der Waals surface area contributed by atoms with E-state index in [1.165, 1.54) is 12.3 Å². The van der Waals surface area contributed by atoms with Gasteiger partial charge in [-0.05, 0) is 52.8 Å². The van der Waals surface area contributed by atoms with Gasteiger partial charge in [0.05, 0.1) is 5.41 Å². The first-order chi connectivity index (χ1) is 12.0. The van der Waals surface area contributed by atoms with Crippen LogP contribution in [0.2, 0.25) is 0 Å². The molecule has 1 aromatic heterocycles. The lowest BCUT2D eigenvalue weighted by molar-refractivity contribution is -0.139. The quantitative estimate of drug-likeness (QED) is 0.862. The Morgan fingerprint density at radius 3 is 2.73 bits per heavy atom. The molecule has 1 saturated heterocycles. The normalized spacial score (nSPS) is 22.1. The summed E-state index contributed by atoms with van der Waals surface area (Å²) in [5.41, 5.74) is -1.92. The van der Waals surface area contributed by atoms with Crippen LogP contribution in [0, 0.1) is 5.41 Å². The Morgan fingerprint density at radius 1 is 1.42 bits per heavy atom. The Labute approximate surface area is 151 Å². The van der Waals surface area contributed by atoms with E-state index in [9.17, 15) is 18.0 Å². The number of aromatic nitrogens is 1. The molecule has 0 aliphatic carbocycles. The van der Waals surface area contributed by atoms with Gasteiger partial charge in [0.15, 0.2) is 0 Å². The molecule has 2 rings (SSSR count). The summed E-state index contributed by atoms with van der Waals surface area (Å²) in [6.07, 6.45) is -1.63. The van der Waals surface area contributed by atoms with Gasteiger partial charge in [0, 0.05) is 24.8 Å². The van der Waals surface area contributed by atoms with Gasteiger partial charge in [-0.3, -0.25) is 4.79 Å². The van der Waals surface area contributed by atoms with E-state index in [1.54, 1.807) is 13.8 Å². The van der Waals surface area contributed by atoms with E-state index in [0.717, 1.165) is 25.5 Å². The molecule has 1 aromatic rings. The number of piperidine rings is 1. The second-order valence-electron chi connectivity index (χ2n) is 7.55. The number of nitrogens with one attached hydrogen (secondary N) is 1. The Hall–Kier alpha value is -1.83. The van der Waals surface area contributed by atoms with Crippen molar-refractivity contribution >= 4 is 5.91 Å². The summed E-state index contributed by atoms with van der Waals surface area (Å²) < 4.78 is 44.3. The number of carbonyl (C=O) groups is 1. The highest BCUT2D eigenvalue weighted by Gasteiger charge is 2.37. The fourth-order valence-corrected chi connectivity index (χ4v) is 2.84. The largest absolute Gasteiger partial charge is 0.476 e.